The number of pyridine rings is 1. The maximum absolute atomic E-state index is 13.9. The highest BCUT2D eigenvalue weighted by Gasteiger charge is 2.22. The van der Waals surface area contributed by atoms with Crippen LogP contribution in [0.2, 0.25) is 0 Å². The van der Waals surface area contributed by atoms with Crippen LogP contribution in [0.15, 0.2) is 53.6 Å². The van der Waals surface area contributed by atoms with Gasteiger partial charge in [0, 0.05) is 12.7 Å². The largest absolute Gasteiger partial charge is 0.375 e. The molecule has 0 bridgehead atoms. The van der Waals surface area contributed by atoms with E-state index >= 15 is 0 Å². The monoisotopic (exact) mass is 420 g/mol. The summed E-state index contributed by atoms with van der Waals surface area (Å²) in [6.45, 7) is 2.87. The molecule has 28 heavy (non-hydrogen) atoms. The standard InChI is InChI=1S/C19H21FN4O2S2/c1-2-3-7-13-22-18-17(15-10-6-8-12-21-15)23-19(27-18)24-28(25,26)16-11-5-4-9-14(16)20/h4-6,8-12,22H,2-3,7,13H2,1H3,(H,23,24). The van der Waals surface area contributed by atoms with Crippen molar-refractivity contribution < 1.29 is 12.8 Å². The van der Waals surface area contributed by atoms with E-state index in [4.69, 9.17) is 0 Å². The van der Waals surface area contributed by atoms with Gasteiger partial charge in [0.05, 0.1) is 5.69 Å². The average molecular weight is 421 g/mol. The number of unbranched alkanes of at least 4 members (excludes halogenated alkanes) is 2. The van der Waals surface area contributed by atoms with Crippen molar-refractivity contribution >= 4 is 31.5 Å². The quantitative estimate of drug-likeness (QED) is 0.488. The van der Waals surface area contributed by atoms with E-state index in [1.807, 2.05) is 6.07 Å². The summed E-state index contributed by atoms with van der Waals surface area (Å²) in [7, 11) is -4.08. The van der Waals surface area contributed by atoms with Crippen LogP contribution >= 0.6 is 11.3 Å². The average Bonchev–Trinajstić information content (AvgIpc) is 3.08. The van der Waals surface area contributed by atoms with Crippen molar-refractivity contribution in [1.29, 1.82) is 0 Å². The molecule has 6 nitrogen and oxygen atoms in total. The Hall–Kier alpha value is -2.52. The third-order valence-corrected chi connectivity index (χ3v) is 6.38. The highest BCUT2D eigenvalue weighted by Crippen LogP contribution is 2.36. The molecular weight excluding hydrogens is 399 g/mol. The van der Waals surface area contributed by atoms with E-state index in [9.17, 15) is 12.8 Å². The Bertz CT molecular complexity index is 1020. The van der Waals surface area contributed by atoms with E-state index < -0.39 is 20.7 Å². The first-order valence-electron chi connectivity index (χ1n) is 8.94. The lowest BCUT2D eigenvalue weighted by atomic mass is 10.2. The first-order valence-corrected chi connectivity index (χ1v) is 11.2. The molecule has 3 aromatic rings. The van der Waals surface area contributed by atoms with E-state index in [1.54, 1.807) is 18.3 Å². The smallest absolute Gasteiger partial charge is 0.266 e. The number of anilines is 2. The highest BCUT2D eigenvalue weighted by atomic mass is 32.2. The third-order valence-electron chi connectivity index (χ3n) is 3.95. The number of nitrogens with one attached hydrogen (secondary N) is 2. The van der Waals surface area contributed by atoms with E-state index in [2.05, 4.69) is 26.9 Å². The molecule has 3 rings (SSSR count). The molecule has 0 amide bonds. The molecular formula is C19H21FN4O2S2. The molecule has 0 radical (unpaired) electrons. The number of hydrogen-bond acceptors (Lipinski definition) is 6. The fraction of sp³-hybridized carbons (Fsp3) is 0.263. The minimum Gasteiger partial charge on any atom is -0.375 e. The summed E-state index contributed by atoms with van der Waals surface area (Å²) in [5.74, 6) is -0.811. The molecule has 148 valence electrons. The number of nitrogens with zero attached hydrogens (tertiary/aromatic N) is 2. The number of benzene rings is 1. The Morgan fingerprint density at radius 3 is 2.61 bits per heavy atom. The van der Waals surface area contributed by atoms with Crippen molar-refractivity contribution in [3.63, 3.8) is 0 Å². The molecule has 0 atom stereocenters. The van der Waals surface area contributed by atoms with Crippen molar-refractivity contribution in [2.24, 2.45) is 0 Å². The first-order chi connectivity index (χ1) is 13.5. The Balaban J connectivity index is 1.89. The van der Waals surface area contributed by atoms with Crippen LogP contribution in [0, 0.1) is 5.82 Å². The maximum atomic E-state index is 13.9. The second-order valence-electron chi connectivity index (χ2n) is 6.08. The molecule has 9 heteroatoms. The predicted molar refractivity (Wildman–Crippen MR) is 111 cm³/mol. The van der Waals surface area contributed by atoms with Gasteiger partial charge in [-0.3, -0.25) is 9.71 Å². The van der Waals surface area contributed by atoms with Crippen molar-refractivity contribution in [3.05, 3.63) is 54.5 Å². The summed E-state index contributed by atoms with van der Waals surface area (Å²) in [4.78, 5) is 8.29. The van der Waals surface area contributed by atoms with Gasteiger partial charge >= 0.3 is 0 Å². The molecule has 0 spiro atoms. The number of halogens is 1. The fourth-order valence-electron chi connectivity index (χ4n) is 2.57. The van der Waals surface area contributed by atoms with Crippen LogP contribution in [0.5, 0.6) is 0 Å². The molecule has 2 N–H and O–H groups in total. The molecule has 0 saturated carbocycles. The minimum absolute atomic E-state index is 0.155. The zero-order chi connectivity index (χ0) is 20.0. The lowest BCUT2D eigenvalue weighted by molar-refractivity contribution is 0.570. The number of rotatable bonds is 9. The molecule has 0 fully saturated rings. The molecule has 0 unspecified atom stereocenters. The number of thiazole rings is 1. The van der Waals surface area contributed by atoms with Gasteiger partial charge in [-0.05, 0) is 30.7 Å². The third kappa shape index (κ3) is 4.85. The normalized spacial score (nSPS) is 11.4. The van der Waals surface area contributed by atoms with Gasteiger partial charge in [-0.25, -0.2) is 17.8 Å². The minimum atomic E-state index is -4.08. The van der Waals surface area contributed by atoms with Gasteiger partial charge < -0.3 is 5.32 Å². The number of sulfonamides is 1. The second kappa shape index (κ2) is 9.11. The summed E-state index contributed by atoms with van der Waals surface area (Å²) < 4.78 is 41.4. The van der Waals surface area contributed by atoms with Crippen LogP contribution in [0.3, 0.4) is 0 Å². The topological polar surface area (TPSA) is 84.0 Å². The second-order valence-corrected chi connectivity index (χ2v) is 8.73. The molecule has 0 aliphatic carbocycles. The Labute approximate surface area is 167 Å². The van der Waals surface area contributed by atoms with Crippen molar-refractivity contribution in [3.8, 4) is 11.4 Å². The van der Waals surface area contributed by atoms with Gasteiger partial charge in [-0.2, -0.15) is 0 Å². The van der Waals surface area contributed by atoms with E-state index in [0.29, 0.717) is 11.4 Å². The predicted octanol–water partition coefficient (Wildman–Crippen LogP) is 4.75. The summed E-state index contributed by atoms with van der Waals surface area (Å²) >= 11 is 1.16. The lowest BCUT2D eigenvalue weighted by Crippen LogP contribution is -2.14. The van der Waals surface area contributed by atoms with Gasteiger partial charge in [0.15, 0.2) is 5.13 Å². The number of hydrogen-bond donors (Lipinski definition) is 2. The van der Waals surface area contributed by atoms with Gasteiger partial charge in [0.1, 0.15) is 21.4 Å². The van der Waals surface area contributed by atoms with Gasteiger partial charge in [0.2, 0.25) is 0 Å². The van der Waals surface area contributed by atoms with Gasteiger partial charge in [-0.15, -0.1) is 0 Å². The zero-order valence-electron chi connectivity index (χ0n) is 15.4. The Morgan fingerprint density at radius 1 is 1.11 bits per heavy atom. The van der Waals surface area contributed by atoms with E-state index in [0.717, 1.165) is 48.2 Å². The molecule has 1 aromatic carbocycles. The van der Waals surface area contributed by atoms with Crippen molar-refractivity contribution in [1.82, 2.24) is 9.97 Å². The summed E-state index contributed by atoms with van der Waals surface area (Å²) in [6.07, 6.45) is 4.84. The van der Waals surface area contributed by atoms with Crippen LogP contribution < -0.4 is 10.0 Å². The van der Waals surface area contributed by atoms with E-state index in [1.165, 1.54) is 18.2 Å². The molecule has 2 heterocycles. The van der Waals surface area contributed by atoms with Crippen LogP contribution in [-0.4, -0.2) is 24.9 Å². The fourth-order valence-corrected chi connectivity index (χ4v) is 4.78. The van der Waals surface area contributed by atoms with Crippen molar-refractivity contribution in [2.45, 2.75) is 31.1 Å². The SMILES string of the molecule is CCCCCNc1sc(NS(=O)(=O)c2ccccc2F)nc1-c1ccccn1. The maximum Gasteiger partial charge on any atom is 0.266 e. The molecule has 0 aliphatic rings. The molecule has 2 aromatic heterocycles. The van der Waals surface area contributed by atoms with Crippen LogP contribution in [0.25, 0.3) is 11.4 Å². The first kappa shape index (κ1) is 20.2. The van der Waals surface area contributed by atoms with Gasteiger partial charge in [0.25, 0.3) is 10.0 Å². The molecule has 0 aliphatic heterocycles. The highest BCUT2D eigenvalue weighted by molar-refractivity contribution is 7.93. The van der Waals surface area contributed by atoms with Gasteiger partial charge in [-0.1, -0.05) is 49.3 Å². The zero-order valence-corrected chi connectivity index (χ0v) is 17.0. The van der Waals surface area contributed by atoms with Crippen LogP contribution in [0.1, 0.15) is 26.2 Å². The Kier molecular flexibility index (Phi) is 6.58. The Morgan fingerprint density at radius 2 is 1.89 bits per heavy atom. The number of aromatic nitrogens is 2. The lowest BCUT2D eigenvalue weighted by Gasteiger charge is -2.05. The summed E-state index contributed by atoms with van der Waals surface area (Å²) in [5.41, 5.74) is 1.20. The van der Waals surface area contributed by atoms with Crippen LogP contribution in [0.4, 0.5) is 14.5 Å². The summed E-state index contributed by atoms with van der Waals surface area (Å²) in [6, 6.07) is 10.7. The molecule has 0 saturated heterocycles. The van der Waals surface area contributed by atoms with Crippen LogP contribution in [-0.2, 0) is 10.0 Å². The summed E-state index contributed by atoms with van der Waals surface area (Å²) in [5, 5.41) is 4.19. The van der Waals surface area contributed by atoms with Crippen molar-refractivity contribution in [2.75, 3.05) is 16.6 Å². The van der Waals surface area contributed by atoms with E-state index in [-0.39, 0.29) is 5.13 Å².